The lowest BCUT2D eigenvalue weighted by Gasteiger charge is -2.06. The molecule has 0 saturated heterocycles. The third kappa shape index (κ3) is 2.80. The molecule has 2 rings (SSSR count). The highest BCUT2D eigenvalue weighted by atomic mass is 35.5. The summed E-state index contributed by atoms with van der Waals surface area (Å²) in [7, 11) is 0. The van der Waals surface area contributed by atoms with Crippen molar-refractivity contribution < 1.29 is 4.39 Å². The van der Waals surface area contributed by atoms with E-state index in [1.165, 1.54) is 12.1 Å². The average molecular weight is 251 g/mol. The van der Waals surface area contributed by atoms with Crippen molar-refractivity contribution in [1.82, 2.24) is 9.97 Å². The fraction of sp³-hybridized carbons (Fsp3) is 0.231. The van der Waals surface area contributed by atoms with Gasteiger partial charge in [0.2, 0.25) is 0 Å². The van der Waals surface area contributed by atoms with Crippen LogP contribution in [0.4, 0.5) is 4.39 Å². The predicted molar refractivity (Wildman–Crippen MR) is 65.7 cm³/mol. The molecule has 88 valence electrons. The zero-order chi connectivity index (χ0) is 12.4. The number of rotatable bonds is 2. The van der Waals surface area contributed by atoms with E-state index in [9.17, 15) is 4.39 Å². The summed E-state index contributed by atoms with van der Waals surface area (Å²) in [5.41, 5.74) is 2.74. The van der Waals surface area contributed by atoms with E-state index in [1.54, 1.807) is 12.1 Å². The molecule has 0 atom stereocenters. The van der Waals surface area contributed by atoms with Gasteiger partial charge in [-0.25, -0.2) is 14.4 Å². The smallest absolute Gasteiger partial charge is 0.135 e. The topological polar surface area (TPSA) is 25.8 Å². The quantitative estimate of drug-likeness (QED) is 0.763. The maximum atomic E-state index is 12.8. The minimum Gasteiger partial charge on any atom is -0.238 e. The number of nitrogens with zero attached hydrogens (tertiary/aromatic N) is 2. The molecule has 0 radical (unpaired) electrons. The second-order valence-corrected chi connectivity index (χ2v) is 4.30. The van der Waals surface area contributed by atoms with Gasteiger partial charge in [-0.2, -0.15) is 0 Å². The summed E-state index contributed by atoms with van der Waals surface area (Å²) in [6, 6.07) is 6.31. The Morgan fingerprint density at radius 1 is 1.12 bits per heavy atom. The van der Waals surface area contributed by atoms with Crippen molar-refractivity contribution in [2.24, 2.45) is 0 Å². The first-order valence-corrected chi connectivity index (χ1v) is 5.68. The Balaban J connectivity index is 2.27. The minimum absolute atomic E-state index is 0.243. The Labute approximate surface area is 104 Å². The fourth-order valence-corrected chi connectivity index (χ4v) is 1.75. The molecule has 1 heterocycles. The van der Waals surface area contributed by atoms with Crippen molar-refractivity contribution >= 4 is 11.6 Å². The van der Waals surface area contributed by atoms with Crippen LogP contribution in [-0.2, 0) is 6.42 Å². The van der Waals surface area contributed by atoms with Crippen LogP contribution in [0.25, 0.3) is 0 Å². The SMILES string of the molecule is Cc1nc(Cc2ccc(F)cc2)nc(Cl)c1C. The summed E-state index contributed by atoms with van der Waals surface area (Å²) in [6.45, 7) is 3.79. The highest BCUT2D eigenvalue weighted by Crippen LogP contribution is 2.16. The Hall–Kier alpha value is -1.48. The Kier molecular flexibility index (Phi) is 3.38. The number of aryl methyl sites for hydroxylation is 1. The molecule has 0 amide bonds. The summed E-state index contributed by atoms with van der Waals surface area (Å²) < 4.78 is 12.8. The Morgan fingerprint density at radius 3 is 2.35 bits per heavy atom. The normalized spacial score (nSPS) is 10.6. The molecule has 0 spiro atoms. The van der Waals surface area contributed by atoms with Gasteiger partial charge in [-0.15, -0.1) is 0 Å². The molecule has 2 aromatic rings. The lowest BCUT2D eigenvalue weighted by molar-refractivity contribution is 0.627. The summed E-state index contributed by atoms with van der Waals surface area (Å²) in [6.07, 6.45) is 0.557. The molecular weight excluding hydrogens is 239 g/mol. The summed E-state index contributed by atoms with van der Waals surface area (Å²) in [5, 5.41) is 0.481. The Morgan fingerprint density at radius 2 is 1.76 bits per heavy atom. The van der Waals surface area contributed by atoms with Crippen LogP contribution < -0.4 is 0 Å². The van der Waals surface area contributed by atoms with Crippen molar-refractivity contribution in [2.45, 2.75) is 20.3 Å². The van der Waals surface area contributed by atoms with E-state index in [0.717, 1.165) is 16.8 Å². The second-order valence-electron chi connectivity index (χ2n) is 3.94. The molecule has 0 unspecified atom stereocenters. The standard InChI is InChI=1S/C13H12ClFN2/c1-8-9(2)16-12(17-13(8)14)7-10-3-5-11(15)6-4-10/h3-6H,7H2,1-2H3. The van der Waals surface area contributed by atoms with Gasteiger partial charge in [0.25, 0.3) is 0 Å². The number of hydrogen-bond acceptors (Lipinski definition) is 2. The third-order valence-corrected chi connectivity index (χ3v) is 3.02. The second kappa shape index (κ2) is 4.80. The van der Waals surface area contributed by atoms with Gasteiger partial charge in [-0.05, 0) is 31.5 Å². The first-order valence-electron chi connectivity index (χ1n) is 5.30. The molecule has 4 heteroatoms. The molecule has 0 bridgehead atoms. The van der Waals surface area contributed by atoms with Gasteiger partial charge >= 0.3 is 0 Å². The molecule has 0 saturated carbocycles. The van der Waals surface area contributed by atoms with Gasteiger partial charge in [0, 0.05) is 17.7 Å². The number of hydrogen-bond donors (Lipinski definition) is 0. The molecule has 1 aromatic heterocycles. The third-order valence-electron chi connectivity index (χ3n) is 2.65. The maximum Gasteiger partial charge on any atom is 0.135 e. The Bertz CT molecular complexity index is 515. The van der Waals surface area contributed by atoms with Crippen LogP contribution in [0.5, 0.6) is 0 Å². The number of aromatic nitrogens is 2. The molecular formula is C13H12ClFN2. The zero-order valence-electron chi connectivity index (χ0n) is 9.67. The van der Waals surface area contributed by atoms with Crippen LogP contribution in [0.15, 0.2) is 24.3 Å². The van der Waals surface area contributed by atoms with Crippen molar-refractivity contribution in [3.8, 4) is 0 Å². The highest BCUT2D eigenvalue weighted by molar-refractivity contribution is 6.30. The van der Waals surface area contributed by atoms with E-state index >= 15 is 0 Å². The number of benzene rings is 1. The molecule has 17 heavy (non-hydrogen) atoms. The van der Waals surface area contributed by atoms with Crippen LogP contribution in [0.3, 0.4) is 0 Å². The van der Waals surface area contributed by atoms with Crippen molar-refractivity contribution in [2.75, 3.05) is 0 Å². The minimum atomic E-state index is -0.243. The molecule has 0 aliphatic rings. The monoisotopic (exact) mass is 250 g/mol. The van der Waals surface area contributed by atoms with E-state index in [1.807, 2.05) is 13.8 Å². The molecule has 2 nitrogen and oxygen atoms in total. The van der Waals surface area contributed by atoms with E-state index in [2.05, 4.69) is 9.97 Å². The fourth-order valence-electron chi connectivity index (χ4n) is 1.51. The highest BCUT2D eigenvalue weighted by Gasteiger charge is 2.06. The van der Waals surface area contributed by atoms with Gasteiger partial charge in [-0.1, -0.05) is 23.7 Å². The van der Waals surface area contributed by atoms with Crippen molar-refractivity contribution in [3.63, 3.8) is 0 Å². The molecule has 1 aromatic carbocycles. The number of halogens is 2. The van der Waals surface area contributed by atoms with E-state index in [-0.39, 0.29) is 5.82 Å². The first-order chi connectivity index (χ1) is 8.06. The lowest BCUT2D eigenvalue weighted by Crippen LogP contribution is -2.01. The average Bonchev–Trinajstić information content (AvgIpc) is 2.29. The van der Waals surface area contributed by atoms with Crippen molar-refractivity contribution in [1.29, 1.82) is 0 Å². The summed E-state index contributed by atoms with van der Waals surface area (Å²) in [5.74, 6) is 0.414. The van der Waals surface area contributed by atoms with Gasteiger partial charge in [0.15, 0.2) is 0 Å². The van der Waals surface area contributed by atoms with Crippen LogP contribution >= 0.6 is 11.6 Å². The summed E-state index contributed by atoms with van der Waals surface area (Å²) >= 11 is 6.00. The molecule has 0 fully saturated rings. The maximum absolute atomic E-state index is 12.8. The van der Waals surface area contributed by atoms with Gasteiger partial charge in [0.05, 0.1) is 0 Å². The van der Waals surface area contributed by atoms with Gasteiger partial charge in [-0.3, -0.25) is 0 Å². The van der Waals surface area contributed by atoms with E-state index < -0.39 is 0 Å². The van der Waals surface area contributed by atoms with Crippen LogP contribution in [0.1, 0.15) is 22.6 Å². The van der Waals surface area contributed by atoms with Crippen LogP contribution in [0, 0.1) is 19.7 Å². The molecule has 0 aliphatic heterocycles. The first kappa shape index (κ1) is 12.0. The molecule has 0 N–H and O–H groups in total. The van der Waals surface area contributed by atoms with Gasteiger partial charge in [0.1, 0.15) is 16.8 Å². The predicted octanol–water partition coefficient (Wildman–Crippen LogP) is 3.48. The lowest BCUT2D eigenvalue weighted by atomic mass is 10.1. The van der Waals surface area contributed by atoms with E-state index in [0.29, 0.717) is 17.4 Å². The van der Waals surface area contributed by atoms with E-state index in [4.69, 9.17) is 11.6 Å². The largest absolute Gasteiger partial charge is 0.238 e. The van der Waals surface area contributed by atoms with Crippen molar-refractivity contribution in [3.05, 3.63) is 57.9 Å². The zero-order valence-corrected chi connectivity index (χ0v) is 10.4. The summed E-state index contributed by atoms with van der Waals surface area (Å²) in [4.78, 5) is 8.57. The van der Waals surface area contributed by atoms with Crippen LogP contribution in [-0.4, -0.2) is 9.97 Å². The van der Waals surface area contributed by atoms with Gasteiger partial charge < -0.3 is 0 Å². The molecule has 0 aliphatic carbocycles. The van der Waals surface area contributed by atoms with Crippen LogP contribution in [0.2, 0.25) is 5.15 Å².